The van der Waals surface area contributed by atoms with Crippen molar-refractivity contribution in [2.45, 2.75) is 148 Å². The molecule has 0 fully saturated rings. The molecule has 0 amide bonds. The van der Waals surface area contributed by atoms with E-state index in [2.05, 4.69) is 79.1 Å². The number of hydrogen-bond donors (Lipinski definition) is 3. The molecule has 3 N–H and O–H groups in total. The number of unbranched alkanes of at least 4 members (excludes halogenated alkanes) is 10. The molecule has 0 aromatic heterocycles. The summed E-state index contributed by atoms with van der Waals surface area (Å²) in [5.41, 5.74) is 0. The summed E-state index contributed by atoms with van der Waals surface area (Å²) in [5, 5.41) is 18.2. The van der Waals surface area contributed by atoms with Crippen LogP contribution in [0.15, 0.2) is 60.8 Å². The first-order chi connectivity index (χ1) is 24.2. The van der Waals surface area contributed by atoms with Crippen LogP contribution in [0.2, 0.25) is 0 Å². The van der Waals surface area contributed by atoms with E-state index in [1.807, 2.05) is 0 Å². The number of phosphoric acid groups is 1. The van der Waals surface area contributed by atoms with Gasteiger partial charge in [0.25, 0.3) is 0 Å². The number of aliphatic hydroxyl groups excluding tert-OH is 2. The van der Waals surface area contributed by atoms with E-state index < -0.39 is 51.8 Å². The van der Waals surface area contributed by atoms with Gasteiger partial charge in [0, 0.05) is 12.8 Å². The highest BCUT2D eigenvalue weighted by Gasteiger charge is 2.27. The number of aliphatic hydroxyl groups is 2. The number of phosphoric ester groups is 1. The van der Waals surface area contributed by atoms with Crippen LogP contribution in [0.25, 0.3) is 0 Å². The summed E-state index contributed by atoms with van der Waals surface area (Å²) in [6.45, 7) is 2.16. The summed E-state index contributed by atoms with van der Waals surface area (Å²) in [6, 6.07) is 0. The molecule has 1 unspecified atom stereocenters. The topological polar surface area (TPSA) is 149 Å². The van der Waals surface area contributed by atoms with Crippen molar-refractivity contribution in [1.29, 1.82) is 0 Å². The van der Waals surface area contributed by atoms with Crippen LogP contribution in [0.1, 0.15) is 136 Å². The number of rotatable bonds is 34. The Hall–Kier alpha value is -2.33. The van der Waals surface area contributed by atoms with Crippen LogP contribution in [0.5, 0.6) is 0 Å². The lowest BCUT2D eigenvalue weighted by atomic mass is 10.1. The van der Waals surface area contributed by atoms with Crippen molar-refractivity contribution in [3.8, 4) is 0 Å². The zero-order valence-corrected chi connectivity index (χ0v) is 31.7. The first-order valence-corrected chi connectivity index (χ1v) is 20.2. The number of ether oxygens (including phenoxy) is 2. The number of carbonyl (C=O) groups excluding carboxylic acids is 2. The third-order valence-corrected chi connectivity index (χ3v) is 8.39. The van der Waals surface area contributed by atoms with Gasteiger partial charge in [0.05, 0.1) is 19.8 Å². The molecule has 3 atom stereocenters. The van der Waals surface area contributed by atoms with Crippen molar-refractivity contribution in [1.82, 2.24) is 0 Å². The fourth-order valence-electron chi connectivity index (χ4n) is 4.55. The first kappa shape index (κ1) is 47.7. The van der Waals surface area contributed by atoms with Crippen molar-refractivity contribution >= 4 is 19.8 Å². The second kappa shape index (κ2) is 35.1. The summed E-state index contributed by atoms with van der Waals surface area (Å²) < 4.78 is 32.5. The molecule has 11 heteroatoms. The zero-order chi connectivity index (χ0) is 37.0. The van der Waals surface area contributed by atoms with E-state index >= 15 is 0 Å². The molecule has 0 spiro atoms. The number of esters is 2. The molecule has 0 aliphatic carbocycles. The minimum Gasteiger partial charge on any atom is -0.462 e. The van der Waals surface area contributed by atoms with Crippen LogP contribution >= 0.6 is 7.82 Å². The van der Waals surface area contributed by atoms with Crippen molar-refractivity contribution < 1.29 is 47.8 Å². The van der Waals surface area contributed by atoms with Crippen molar-refractivity contribution in [2.75, 3.05) is 26.4 Å². The molecule has 0 aromatic carbocycles. The van der Waals surface area contributed by atoms with Gasteiger partial charge in [0.1, 0.15) is 12.7 Å². The molecule has 50 heavy (non-hydrogen) atoms. The van der Waals surface area contributed by atoms with E-state index in [4.69, 9.17) is 19.1 Å². The molecule has 0 heterocycles. The van der Waals surface area contributed by atoms with E-state index in [1.54, 1.807) is 0 Å². The van der Waals surface area contributed by atoms with E-state index in [9.17, 15) is 24.2 Å². The van der Waals surface area contributed by atoms with Gasteiger partial charge in [0.15, 0.2) is 6.10 Å². The maximum atomic E-state index is 12.5. The summed E-state index contributed by atoms with van der Waals surface area (Å²) in [5.74, 6) is -0.974. The van der Waals surface area contributed by atoms with E-state index in [-0.39, 0.29) is 19.4 Å². The van der Waals surface area contributed by atoms with E-state index in [0.717, 1.165) is 70.6 Å². The molecule has 0 radical (unpaired) electrons. The molecule has 0 aliphatic rings. The van der Waals surface area contributed by atoms with Crippen LogP contribution in [0.3, 0.4) is 0 Å². The van der Waals surface area contributed by atoms with Crippen LogP contribution in [0.4, 0.5) is 0 Å². The number of hydrogen-bond acceptors (Lipinski definition) is 9. The fourth-order valence-corrected chi connectivity index (χ4v) is 5.34. The Kier molecular flexibility index (Phi) is 33.5. The van der Waals surface area contributed by atoms with E-state index in [1.165, 1.54) is 25.7 Å². The Morgan fingerprint density at radius 1 is 0.620 bits per heavy atom. The smallest absolute Gasteiger partial charge is 0.462 e. The van der Waals surface area contributed by atoms with Gasteiger partial charge in [-0.25, -0.2) is 4.57 Å². The van der Waals surface area contributed by atoms with Crippen LogP contribution < -0.4 is 0 Å². The zero-order valence-electron chi connectivity index (χ0n) is 30.8. The molecular weight excluding hydrogens is 659 g/mol. The van der Waals surface area contributed by atoms with Gasteiger partial charge in [-0.2, -0.15) is 0 Å². The monoisotopic (exact) mass is 726 g/mol. The SMILES string of the molecule is CC/C=C/C/C=C/C/C=C/C/C=C/C/C=C/CCCCCC(=O)O[C@H](COC(=O)CCCCCCCCCC)COP(=O)(O)OC[C@@H](O)CO. The highest BCUT2D eigenvalue weighted by Crippen LogP contribution is 2.43. The first-order valence-electron chi connectivity index (χ1n) is 18.7. The number of carbonyl (C=O) groups is 2. The molecule has 0 saturated heterocycles. The number of allylic oxidation sites excluding steroid dienone is 10. The third-order valence-electron chi connectivity index (χ3n) is 7.44. The highest BCUT2D eigenvalue weighted by molar-refractivity contribution is 7.47. The Morgan fingerprint density at radius 3 is 1.66 bits per heavy atom. The van der Waals surface area contributed by atoms with Crippen LogP contribution in [0, 0.1) is 0 Å². The molecule has 0 saturated carbocycles. The summed E-state index contributed by atoms with van der Waals surface area (Å²) in [4.78, 5) is 34.7. The standard InChI is InChI=1S/C39H67O10P/c1-3-5-7-9-11-13-14-15-16-17-18-19-20-21-22-23-25-27-29-31-39(43)49-37(35-48-50(44,45)47-33-36(41)32-40)34-46-38(42)30-28-26-24-12-10-8-6-4-2/h5,7,11,13,15-16,18-19,21-22,36-37,40-41H,3-4,6,8-10,12,14,17,20,23-35H2,1-2H3,(H,44,45)/b7-5+,13-11+,16-15+,19-18+,22-21+/t36-,37+/m0/s1. The second-order valence-electron chi connectivity index (χ2n) is 12.2. The lowest BCUT2D eigenvalue weighted by molar-refractivity contribution is -0.161. The molecule has 0 rings (SSSR count). The van der Waals surface area contributed by atoms with Crippen LogP contribution in [-0.2, 0) is 32.7 Å². The highest BCUT2D eigenvalue weighted by atomic mass is 31.2. The molecule has 0 bridgehead atoms. The van der Waals surface area contributed by atoms with Gasteiger partial charge in [-0.3, -0.25) is 18.6 Å². The Bertz CT molecular complexity index is 1020. The summed E-state index contributed by atoms with van der Waals surface area (Å²) in [6.07, 6.45) is 36.4. The third kappa shape index (κ3) is 34.1. The van der Waals surface area contributed by atoms with Gasteiger partial charge in [-0.15, -0.1) is 0 Å². The largest absolute Gasteiger partial charge is 0.472 e. The Morgan fingerprint density at radius 2 is 1.10 bits per heavy atom. The van der Waals surface area contributed by atoms with Gasteiger partial charge in [0.2, 0.25) is 0 Å². The van der Waals surface area contributed by atoms with Gasteiger partial charge < -0.3 is 24.6 Å². The maximum absolute atomic E-state index is 12.5. The fraction of sp³-hybridized carbons (Fsp3) is 0.692. The normalized spacial score (nSPS) is 14.7. The van der Waals surface area contributed by atoms with Gasteiger partial charge in [-0.1, -0.05) is 126 Å². The predicted molar refractivity (Wildman–Crippen MR) is 200 cm³/mol. The minimum absolute atomic E-state index is 0.143. The molecule has 0 aliphatic heterocycles. The van der Waals surface area contributed by atoms with Gasteiger partial charge >= 0.3 is 19.8 Å². The maximum Gasteiger partial charge on any atom is 0.472 e. The lowest BCUT2D eigenvalue weighted by Crippen LogP contribution is -2.29. The molecule has 10 nitrogen and oxygen atoms in total. The average Bonchev–Trinajstić information content (AvgIpc) is 3.10. The second-order valence-corrected chi connectivity index (χ2v) is 13.7. The van der Waals surface area contributed by atoms with Crippen molar-refractivity contribution in [2.24, 2.45) is 0 Å². The van der Waals surface area contributed by atoms with Crippen molar-refractivity contribution in [3.63, 3.8) is 0 Å². The quantitative estimate of drug-likeness (QED) is 0.0254. The molecule has 288 valence electrons. The summed E-state index contributed by atoms with van der Waals surface area (Å²) >= 11 is 0. The van der Waals surface area contributed by atoms with Crippen molar-refractivity contribution in [3.05, 3.63) is 60.8 Å². The minimum atomic E-state index is -4.62. The lowest BCUT2D eigenvalue weighted by Gasteiger charge is -2.20. The van der Waals surface area contributed by atoms with Gasteiger partial charge in [-0.05, 0) is 57.8 Å². The predicted octanol–water partition coefficient (Wildman–Crippen LogP) is 9.16. The average molecular weight is 727 g/mol. The Balaban J connectivity index is 4.41. The van der Waals surface area contributed by atoms with Crippen LogP contribution in [-0.4, -0.2) is 65.7 Å². The summed E-state index contributed by atoms with van der Waals surface area (Å²) in [7, 11) is -4.62. The molecular formula is C39H67O10P. The van der Waals surface area contributed by atoms with E-state index in [0.29, 0.717) is 12.8 Å². The Labute approximate surface area is 302 Å². The molecule has 0 aromatic rings.